The van der Waals surface area contributed by atoms with Gasteiger partial charge >= 0.3 is 0 Å². The predicted octanol–water partition coefficient (Wildman–Crippen LogP) is 3.48. The maximum absolute atomic E-state index is 12.3. The standard InChI is InChI=1S/C21H22N4O3/c1-14-6-4-5-7-15(14)11-22-20(26)16-12-23-21(24-13-16)25-17-8-9-18(27-2)19(10-17)28-3/h4-10,12-13H,11H2,1-3H3,(H,22,26)(H,23,24,25). The van der Waals surface area contributed by atoms with Gasteiger partial charge in [-0.3, -0.25) is 4.79 Å². The zero-order valence-corrected chi connectivity index (χ0v) is 16.0. The Kier molecular flexibility index (Phi) is 6.06. The Labute approximate surface area is 163 Å². The number of nitrogens with zero attached hydrogens (tertiary/aromatic N) is 2. The average Bonchev–Trinajstić information content (AvgIpc) is 2.73. The molecule has 0 fully saturated rings. The van der Waals surface area contributed by atoms with Crippen molar-refractivity contribution in [2.24, 2.45) is 0 Å². The van der Waals surface area contributed by atoms with Crippen LogP contribution >= 0.6 is 0 Å². The molecule has 1 heterocycles. The molecule has 0 aliphatic carbocycles. The van der Waals surface area contributed by atoms with Crippen LogP contribution in [0.2, 0.25) is 0 Å². The Morgan fingerprint density at radius 1 is 1.00 bits per heavy atom. The third-order valence-corrected chi connectivity index (χ3v) is 4.25. The molecule has 0 spiro atoms. The fraction of sp³-hybridized carbons (Fsp3) is 0.190. The highest BCUT2D eigenvalue weighted by Crippen LogP contribution is 2.30. The van der Waals surface area contributed by atoms with E-state index >= 15 is 0 Å². The van der Waals surface area contributed by atoms with Crippen molar-refractivity contribution in [1.82, 2.24) is 15.3 Å². The van der Waals surface area contributed by atoms with Crippen molar-refractivity contribution >= 4 is 17.5 Å². The summed E-state index contributed by atoms with van der Waals surface area (Å²) in [5.74, 6) is 1.39. The number of hydrogen-bond acceptors (Lipinski definition) is 6. The van der Waals surface area contributed by atoms with E-state index in [2.05, 4.69) is 20.6 Å². The fourth-order valence-electron chi connectivity index (χ4n) is 2.64. The molecule has 28 heavy (non-hydrogen) atoms. The van der Waals surface area contributed by atoms with Gasteiger partial charge in [-0.25, -0.2) is 9.97 Å². The van der Waals surface area contributed by atoms with Crippen molar-refractivity contribution in [3.05, 3.63) is 71.5 Å². The Morgan fingerprint density at radius 3 is 2.39 bits per heavy atom. The summed E-state index contributed by atoms with van der Waals surface area (Å²) in [6.45, 7) is 2.47. The first-order chi connectivity index (χ1) is 13.6. The van der Waals surface area contributed by atoms with E-state index in [1.54, 1.807) is 26.4 Å². The number of anilines is 2. The van der Waals surface area contributed by atoms with Crippen LogP contribution < -0.4 is 20.1 Å². The van der Waals surface area contributed by atoms with Gasteiger partial charge < -0.3 is 20.1 Å². The van der Waals surface area contributed by atoms with Crippen molar-refractivity contribution in [2.75, 3.05) is 19.5 Å². The minimum absolute atomic E-state index is 0.221. The molecule has 7 nitrogen and oxygen atoms in total. The number of carbonyl (C=O) groups is 1. The molecule has 7 heteroatoms. The van der Waals surface area contributed by atoms with Gasteiger partial charge in [-0.2, -0.15) is 0 Å². The van der Waals surface area contributed by atoms with E-state index in [1.165, 1.54) is 12.4 Å². The van der Waals surface area contributed by atoms with Crippen LogP contribution in [0.15, 0.2) is 54.9 Å². The van der Waals surface area contributed by atoms with Gasteiger partial charge in [0.05, 0.1) is 19.8 Å². The van der Waals surface area contributed by atoms with Gasteiger partial charge in [0.2, 0.25) is 5.95 Å². The minimum Gasteiger partial charge on any atom is -0.493 e. The first-order valence-corrected chi connectivity index (χ1v) is 8.74. The van der Waals surface area contributed by atoms with Crippen molar-refractivity contribution in [2.45, 2.75) is 13.5 Å². The molecule has 2 aromatic carbocycles. The highest BCUT2D eigenvalue weighted by atomic mass is 16.5. The molecule has 0 aliphatic rings. The summed E-state index contributed by atoms with van der Waals surface area (Å²) in [6, 6.07) is 13.3. The number of ether oxygens (including phenoxy) is 2. The lowest BCUT2D eigenvalue weighted by atomic mass is 10.1. The van der Waals surface area contributed by atoms with Crippen LogP contribution in [0, 0.1) is 6.92 Å². The fourth-order valence-corrected chi connectivity index (χ4v) is 2.64. The van der Waals surface area contributed by atoms with Crippen LogP contribution in [0.4, 0.5) is 11.6 Å². The molecule has 0 radical (unpaired) electrons. The zero-order valence-electron chi connectivity index (χ0n) is 16.0. The van der Waals surface area contributed by atoms with E-state index in [9.17, 15) is 4.79 Å². The summed E-state index contributed by atoms with van der Waals surface area (Å²) in [5.41, 5.74) is 3.35. The van der Waals surface area contributed by atoms with Crippen LogP contribution in [0.1, 0.15) is 21.5 Å². The number of nitrogens with one attached hydrogen (secondary N) is 2. The van der Waals surface area contributed by atoms with Crippen molar-refractivity contribution in [3.63, 3.8) is 0 Å². The summed E-state index contributed by atoms with van der Waals surface area (Å²) >= 11 is 0. The Bertz CT molecular complexity index is 958. The van der Waals surface area contributed by atoms with Gasteiger partial charge in [0.1, 0.15) is 0 Å². The second-order valence-electron chi connectivity index (χ2n) is 6.10. The third-order valence-electron chi connectivity index (χ3n) is 4.25. The van der Waals surface area contributed by atoms with Gasteiger partial charge in [-0.05, 0) is 30.2 Å². The molecular formula is C21H22N4O3. The van der Waals surface area contributed by atoms with Crippen LogP contribution in [0.3, 0.4) is 0 Å². The quantitative estimate of drug-likeness (QED) is 0.655. The van der Waals surface area contributed by atoms with Crippen molar-refractivity contribution < 1.29 is 14.3 Å². The molecule has 2 N–H and O–H groups in total. The highest BCUT2D eigenvalue weighted by molar-refractivity contribution is 5.93. The van der Waals surface area contributed by atoms with Crippen LogP contribution in [-0.4, -0.2) is 30.1 Å². The van der Waals surface area contributed by atoms with Gasteiger partial charge in [-0.1, -0.05) is 24.3 Å². The van der Waals surface area contributed by atoms with Gasteiger partial charge in [0, 0.05) is 30.7 Å². The normalized spacial score (nSPS) is 10.2. The number of amides is 1. The van der Waals surface area contributed by atoms with E-state index in [1.807, 2.05) is 37.3 Å². The number of benzene rings is 2. The van der Waals surface area contributed by atoms with Crippen LogP contribution in [-0.2, 0) is 6.54 Å². The predicted molar refractivity (Wildman–Crippen MR) is 107 cm³/mol. The number of carbonyl (C=O) groups excluding carboxylic acids is 1. The summed E-state index contributed by atoms with van der Waals surface area (Å²) in [5, 5.41) is 5.96. The van der Waals surface area contributed by atoms with Crippen molar-refractivity contribution in [1.29, 1.82) is 0 Å². The molecule has 3 aromatic rings. The second-order valence-corrected chi connectivity index (χ2v) is 6.10. The molecule has 0 aliphatic heterocycles. The SMILES string of the molecule is COc1ccc(Nc2ncc(C(=O)NCc3ccccc3C)cn2)cc1OC. The smallest absolute Gasteiger partial charge is 0.254 e. The molecule has 0 atom stereocenters. The number of aromatic nitrogens is 2. The third kappa shape index (κ3) is 4.56. The first kappa shape index (κ1) is 19.2. The highest BCUT2D eigenvalue weighted by Gasteiger charge is 2.09. The molecule has 0 unspecified atom stereocenters. The summed E-state index contributed by atoms with van der Waals surface area (Å²) in [4.78, 5) is 20.7. The van der Waals surface area contributed by atoms with E-state index in [0.29, 0.717) is 29.6 Å². The maximum atomic E-state index is 12.3. The van der Waals surface area contributed by atoms with Gasteiger partial charge in [-0.15, -0.1) is 0 Å². The lowest BCUT2D eigenvalue weighted by Gasteiger charge is -2.11. The zero-order chi connectivity index (χ0) is 19.9. The first-order valence-electron chi connectivity index (χ1n) is 8.74. The Hall–Kier alpha value is -3.61. The molecule has 1 aromatic heterocycles. The number of methoxy groups -OCH3 is 2. The summed E-state index contributed by atoms with van der Waals surface area (Å²) < 4.78 is 10.5. The molecule has 3 rings (SSSR count). The summed E-state index contributed by atoms with van der Waals surface area (Å²) in [6.07, 6.45) is 2.98. The van der Waals surface area contributed by atoms with E-state index in [4.69, 9.17) is 9.47 Å². The molecule has 0 saturated heterocycles. The molecular weight excluding hydrogens is 356 g/mol. The van der Waals surface area contributed by atoms with E-state index in [-0.39, 0.29) is 5.91 Å². The molecule has 144 valence electrons. The maximum Gasteiger partial charge on any atom is 0.254 e. The number of rotatable bonds is 7. The second kappa shape index (κ2) is 8.85. The number of hydrogen-bond donors (Lipinski definition) is 2. The summed E-state index contributed by atoms with van der Waals surface area (Å²) in [7, 11) is 3.15. The monoisotopic (exact) mass is 378 g/mol. The average molecular weight is 378 g/mol. The van der Waals surface area contributed by atoms with Gasteiger partial charge in [0.15, 0.2) is 11.5 Å². The van der Waals surface area contributed by atoms with Crippen molar-refractivity contribution in [3.8, 4) is 11.5 Å². The molecule has 0 saturated carbocycles. The van der Waals surface area contributed by atoms with E-state index < -0.39 is 0 Å². The Balaban J connectivity index is 1.63. The topological polar surface area (TPSA) is 85.4 Å². The van der Waals surface area contributed by atoms with Crippen LogP contribution in [0.25, 0.3) is 0 Å². The lowest BCUT2D eigenvalue weighted by molar-refractivity contribution is 0.0950. The Morgan fingerprint density at radius 2 is 1.71 bits per heavy atom. The number of aryl methyl sites for hydroxylation is 1. The van der Waals surface area contributed by atoms with Crippen LogP contribution in [0.5, 0.6) is 11.5 Å². The lowest BCUT2D eigenvalue weighted by Crippen LogP contribution is -2.23. The minimum atomic E-state index is -0.221. The largest absolute Gasteiger partial charge is 0.493 e. The molecule has 0 bridgehead atoms. The molecule has 1 amide bonds. The van der Waals surface area contributed by atoms with Gasteiger partial charge in [0.25, 0.3) is 5.91 Å². The van der Waals surface area contributed by atoms with E-state index in [0.717, 1.165) is 16.8 Å².